The van der Waals surface area contributed by atoms with E-state index in [1.807, 2.05) is 40.1 Å². The van der Waals surface area contributed by atoms with Crippen molar-refractivity contribution in [3.8, 4) is 0 Å². The molecule has 1 unspecified atom stereocenters. The second kappa shape index (κ2) is 8.85. The Morgan fingerprint density at radius 1 is 1.08 bits per heavy atom. The molecule has 2 aliphatic rings. The number of anilines is 1. The number of hydrogen-bond donors (Lipinski definition) is 1. The summed E-state index contributed by atoms with van der Waals surface area (Å²) in [4.78, 5) is 28.5. The van der Waals surface area contributed by atoms with E-state index in [0.29, 0.717) is 38.6 Å². The van der Waals surface area contributed by atoms with Crippen LogP contribution in [0.15, 0.2) is 30.3 Å². The number of hydrogen-bond acceptors (Lipinski definition) is 3. The van der Waals surface area contributed by atoms with Crippen molar-refractivity contribution in [2.45, 2.75) is 25.7 Å². The SMILES string of the molecule is O=C(CCC1CCCN(C(=O)Nc2ccccc2)C1)N1CCOCC1. The molecule has 2 fully saturated rings. The van der Waals surface area contributed by atoms with Gasteiger partial charge in [0.05, 0.1) is 13.2 Å². The summed E-state index contributed by atoms with van der Waals surface area (Å²) in [6, 6.07) is 9.48. The van der Waals surface area contributed by atoms with Gasteiger partial charge in [-0.05, 0) is 37.3 Å². The van der Waals surface area contributed by atoms with Crippen LogP contribution in [0.2, 0.25) is 0 Å². The summed E-state index contributed by atoms with van der Waals surface area (Å²) in [6.07, 6.45) is 3.51. The number of morpholine rings is 1. The topological polar surface area (TPSA) is 61.9 Å². The monoisotopic (exact) mass is 345 g/mol. The largest absolute Gasteiger partial charge is 0.378 e. The molecule has 6 nitrogen and oxygen atoms in total. The van der Waals surface area contributed by atoms with Crippen LogP contribution in [0.5, 0.6) is 0 Å². The second-order valence-corrected chi connectivity index (χ2v) is 6.78. The Kier molecular flexibility index (Phi) is 6.28. The van der Waals surface area contributed by atoms with E-state index in [-0.39, 0.29) is 11.9 Å². The second-order valence-electron chi connectivity index (χ2n) is 6.78. The zero-order chi connectivity index (χ0) is 17.5. The molecule has 0 radical (unpaired) electrons. The highest BCUT2D eigenvalue weighted by Crippen LogP contribution is 2.22. The lowest BCUT2D eigenvalue weighted by Gasteiger charge is -2.33. The predicted octanol–water partition coefficient (Wildman–Crippen LogP) is 2.57. The number of ether oxygens (including phenoxy) is 1. The van der Waals surface area contributed by atoms with E-state index in [2.05, 4.69) is 5.32 Å². The molecular formula is C19H27N3O3. The Labute approximate surface area is 149 Å². The van der Waals surface area contributed by atoms with Crippen LogP contribution >= 0.6 is 0 Å². The van der Waals surface area contributed by atoms with Gasteiger partial charge in [-0.15, -0.1) is 0 Å². The fourth-order valence-electron chi connectivity index (χ4n) is 3.51. The smallest absolute Gasteiger partial charge is 0.321 e. The van der Waals surface area contributed by atoms with Crippen LogP contribution in [0.25, 0.3) is 0 Å². The van der Waals surface area contributed by atoms with Crippen LogP contribution < -0.4 is 5.32 Å². The minimum absolute atomic E-state index is 0.0459. The molecule has 136 valence electrons. The van der Waals surface area contributed by atoms with Crippen LogP contribution in [0.3, 0.4) is 0 Å². The van der Waals surface area contributed by atoms with E-state index in [1.165, 1.54) is 0 Å². The van der Waals surface area contributed by atoms with Crippen LogP contribution in [-0.2, 0) is 9.53 Å². The highest BCUT2D eigenvalue weighted by atomic mass is 16.5. The van der Waals surface area contributed by atoms with E-state index in [1.54, 1.807) is 0 Å². The maximum absolute atomic E-state index is 12.4. The number of carbonyl (C=O) groups excluding carboxylic acids is 2. The number of benzene rings is 1. The number of piperidine rings is 1. The van der Waals surface area contributed by atoms with Crippen LogP contribution in [0.1, 0.15) is 25.7 Å². The number of urea groups is 1. The van der Waals surface area contributed by atoms with Crippen LogP contribution in [0, 0.1) is 5.92 Å². The Bertz CT molecular complexity index is 573. The molecule has 6 heteroatoms. The molecule has 2 aliphatic heterocycles. The van der Waals surface area contributed by atoms with Gasteiger partial charge in [0.2, 0.25) is 5.91 Å². The molecular weight excluding hydrogens is 318 g/mol. The van der Waals surface area contributed by atoms with Gasteiger partial charge < -0.3 is 19.9 Å². The van der Waals surface area contributed by atoms with Crippen molar-refractivity contribution >= 4 is 17.6 Å². The molecule has 0 aliphatic carbocycles. The first kappa shape index (κ1) is 17.7. The van der Waals surface area contributed by atoms with Crippen LogP contribution in [0.4, 0.5) is 10.5 Å². The van der Waals surface area contributed by atoms with Crippen molar-refractivity contribution in [1.29, 1.82) is 0 Å². The number of nitrogens with zero attached hydrogens (tertiary/aromatic N) is 2. The van der Waals surface area contributed by atoms with Gasteiger partial charge >= 0.3 is 6.03 Å². The van der Waals surface area contributed by atoms with Crippen molar-refractivity contribution in [3.05, 3.63) is 30.3 Å². The lowest BCUT2D eigenvalue weighted by Crippen LogP contribution is -2.43. The Balaban J connectivity index is 1.44. The summed E-state index contributed by atoms with van der Waals surface area (Å²) < 4.78 is 5.29. The minimum Gasteiger partial charge on any atom is -0.378 e. The first-order chi connectivity index (χ1) is 12.2. The highest BCUT2D eigenvalue weighted by molar-refractivity contribution is 5.89. The number of carbonyl (C=O) groups is 2. The molecule has 3 rings (SSSR count). The Morgan fingerprint density at radius 2 is 1.84 bits per heavy atom. The number of nitrogens with one attached hydrogen (secondary N) is 1. The van der Waals surface area contributed by atoms with Gasteiger partial charge in [-0.2, -0.15) is 0 Å². The first-order valence-corrected chi connectivity index (χ1v) is 9.19. The molecule has 0 bridgehead atoms. The van der Waals surface area contributed by atoms with Crippen molar-refractivity contribution in [2.75, 3.05) is 44.7 Å². The van der Waals surface area contributed by atoms with Gasteiger partial charge in [0.15, 0.2) is 0 Å². The summed E-state index contributed by atoms with van der Waals surface area (Å²) in [5.74, 6) is 0.620. The number of rotatable bonds is 4. The number of amides is 3. The quantitative estimate of drug-likeness (QED) is 0.912. The fraction of sp³-hybridized carbons (Fsp3) is 0.579. The molecule has 1 aromatic rings. The van der Waals surface area contributed by atoms with E-state index >= 15 is 0 Å². The van der Waals surface area contributed by atoms with Gasteiger partial charge in [0.25, 0.3) is 0 Å². The summed E-state index contributed by atoms with van der Waals surface area (Å²) in [6.45, 7) is 4.21. The molecule has 1 aromatic carbocycles. The molecule has 2 saturated heterocycles. The third-order valence-corrected chi connectivity index (χ3v) is 4.96. The van der Waals surface area contributed by atoms with Gasteiger partial charge in [-0.1, -0.05) is 18.2 Å². The molecule has 0 aromatic heterocycles. The minimum atomic E-state index is -0.0459. The molecule has 25 heavy (non-hydrogen) atoms. The summed E-state index contributed by atoms with van der Waals surface area (Å²) >= 11 is 0. The molecule has 2 heterocycles. The summed E-state index contributed by atoms with van der Waals surface area (Å²) in [5, 5.41) is 2.95. The first-order valence-electron chi connectivity index (χ1n) is 9.19. The third-order valence-electron chi connectivity index (χ3n) is 4.96. The van der Waals surface area contributed by atoms with Gasteiger partial charge in [-0.25, -0.2) is 4.79 Å². The Morgan fingerprint density at radius 3 is 2.60 bits per heavy atom. The fourth-order valence-corrected chi connectivity index (χ4v) is 3.51. The number of para-hydroxylation sites is 1. The van der Waals surface area contributed by atoms with Crippen molar-refractivity contribution in [1.82, 2.24) is 9.80 Å². The van der Waals surface area contributed by atoms with Crippen LogP contribution in [-0.4, -0.2) is 61.1 Å². The van der Waals surface area contributed by atoms with Gasteiger partial charge in [0.1, 0.15) is 0 Å². The lowest BCUT2D eigenvalue weighted by atomic mass is 9.93. The Hall–Kier alpha value is -2.08. The highest BCUT2D eigenvalue weighted by Gasteiger charge is 2.25. The maximum atomic E-state index is 12.4. The van der Waals surface area contributed by atoms with E-state index in [4.69, 9.17) is 4.74 Å². The lowest BCUT2D eigenvalue weighted by molar-refractivity contribution is -0.135. The predicted molar refractivity (Wildman–Crippen MR) is 96.4 cm³/mol. The van der Waals surface area contributed by atoms with Gasteiger partial charge in [-0.3, -0.25) is 4.79 Å². The molecule has 1 N–H and O–H groups in total. The molecule has 3 amide bonds. The molecule has 0 spiro atoms. The van der Waals surface area contributed by atoms with Crippen molar-refractivity contribution in [2.24, 2.45) is 5.92 Å². The van der Waals surface area contributed by atoms with E-state index in [9.17, 15) is 9.59 Å². The van der Waals surface area contributed by atoms with Crippen molar-refractivity contribution < 1.29 is 14.3 Å². The third kappa shape index (κ3) is 5.19. The number of likely N-dealkylation sites (tertiary alicyclic amines) is 1. The van der Waals surface area contributed by atoms with Crippen molar-refractivity contribution in [3.63, 3.8) is 0 Å². The standard InChI is InChI=1S/C19H27N3O3/c23-18(21-11-13-25-14-12-21)9-8-16-5-4-10-22(15-16)19(24)20-17-6-2-1-3-7-17/h1-3,6-7,16H,4-5,8-15H2,(H,20,24). The van der Waals surface area contributed by atoms with E-state index < -0.39 is 0 Å². The zero-order valence-electron chi connectivity index (χ0n) is 14.7. The summed E-state index contributed by atoms with van der Waals surface area (Å²) in [7, 11) is 0. The zero-order valence-corrected chi connectivity index (χ0v) is 14.7. The van der Waals surface area contributed by atoms with Gasteiger partial charge in [0, 0.05) is 38.3 Å². The van der Waals surface area contributed by atoms with E-state index in [0.717, 1.165) is 38.0 Å². The normalized spacial score (nSPS) is 21.0. The summed E-state index contributed by atoms with van der Waals surface area (Å²) in [5.41, 5.74) is 0.817. The average molecular weight is 345 g/mol. The molecule has 0 saturated carbocycles. The average Bonchev–Trinajstić information content (AvgIpc) is 2.68. The maximum Gasteiger partial charge on any atom is 0.321 e. The molecule has 1 atom stereocenters.